The predicted octanol–water partition coefficient (Wildman–Crippen LogP) is 3.01. The summed E-state index contributed by atoms with van der Waals surface area (Å²) in [6.07, 6.45) is 1.32. The SMILES string of the molecule is COc1ccc(C(=O)Oc2ccc(/C=N\NC(=O)CNS(=O)(=O)c3ccc(Cl)cc3)cc2OC)cc1. The summed E-state index contributed by atoms with van der Waals surface area (Å²) in [5, 5.41) is 4.19. The van der Waals surface area contributed by atoms with Crippen LogP contribution in [0, 0.1) is 0 Å². The molecule has 0 aromatic heterocycles. The van der Waals surface area contributed by atoms with E-state index in [-0.39, 0.29) is 16.4 Å². The van der Waals surface area contributed by atoms with Crippen LogP contribution in [0.1, 0.15) is 15.9 Å². The second kappa shape index (κ2) is 12.2. The van der Waals surface area contributed by atoms with E-state index in [1.54, 1.807) is 36.4 Å². The van der Waals surface area contributed by atoms with Crippen LogP contribution in [0.5, 0.6) is 17.2 Å². The highest BCUT2D eigenvalue weighted by molar-refractivity contribution is 7.89. The molecular weight excluding hydrogens is 510 g/mol. The van der Waals surface area contributed by atoms with E-state index in [9.17, 15) is 18.0 Å². The van der Waals surface area contributed by atoms with Gasteiger partial charge < -0.3 is 14.2 Å². The molecule has 0 fully saturated rings. The quantitative estimate of drug-likeness (QED) is 0.178. The fourth-order valence-electron chi connectivity index (χ4n) is 2.81. The van der Waals surface area contributed by atoms with Crippen LogP contribution in [0.25, 0.3) is 0 Å². The highest BCUT2D eigenvalue weighted by Gasteiger charge is 2.15. The first kappa shape index (κ1) is 26.7. The molecule has 1 amide bonds. The largest absolute Gasteiger partial charge is 0.497 e. The van der Waals surface area contributed by atoms with Crippen molar-refractivity contribution in [3.05, 3.63) is 82.9 Å². The van der Waals surface area contributed by atoms with Gasteiger partial charge in [-0.3, -0.25) is 4.79 Å². The third-order valence-corrected chi connectivity index (χ3v) is 6.33. The van der Waals surface area contributed by atoms with E-state index in [1.807, 2.05) is 0 Å². The molecule has 0 saturated carbocycles. The molecule has 0 spiro atoms. The van der Waals surface area contributed by atoms with Gasteiger partial charge >= 0.3 is 5.97 Å². The van der Waals surface area contributed by atoms with Gasteiger partial charge in [0.25, 0.3) is 5.91 Å². The van der Waals surface area contributed by atoms with Gasteiger partial charge in [0.15, 0.2) is 11.5 Å². The first-order chi connectivity index (χ1) is 17.2. The van der Waals surface area contributed by atoms with Crippen molar-refractivity contribution in [1.82, 2.24) is 10.1 Å². The van der Waals surface area contributed by atoms with E-state index in [4.69, 9.17) is 25.8 Å². The lowest BCUT2D eigenvalue weighted by molar-refractivity contribution is -0.119. The molecule has 2 N–H and O–H groups in total. The number of nitrogens with one attached hydrogen (secondary N) is 2. The third kappa shape index (κ3) is 7.28. The summed E-state index contributed by atoms with van der Waals surface area (Å²) < 4.78 is 42.4. The number of halogens is 1. The van der Waals surface area contributed by atoms with Crippen LogP contribution in [0.3, 0.4) is 0 Å². The molecule has 0 aliphatic heterocycles. The van der Waals surface area contributed by atoms with Gasteiger partial charge in [-0.25, -0.2) is 23.4 Å². The Bertz CT molecular complexity index is 1360. The smallest absolute Gasteiger partial charge is 0.343 e. The lowest BCUT2D eigenvalue weighted by Gasteiger charge is -2.10. The number of sulfonamides is 1. The molecule has 0 atom stereocenters. The Morgan fingerprint density at radius 3 is 2.28 bits per heavy atom. The molecule has 0 saturated heterocycles. The van der Waals surface area contributed by atoms with Crippen LogP contribution in [0.2, 0.25) is 5.02 Å². The molecule has 0 aliphatic rings. The Morgan fingerprint density at radius 1 is 0.944 bits per heavy atom. The summed E-state index contributed by atoms with van der Waals surface area (Å²) in [5.41, 5.74) is 3.08. The van der Waals surface area contributed by atoms with Gasteiger partial charge in [0, 0.05) is 5.02 Å². The lowest BCUT2D eigenvalue weighted by Crippen LogP contribution is -2.34. The number of nitrogens with zero attached hydrogens (tertiary/aromatic N) is 1. The number of methoxy groups -OCH3 is 2. The topological polar surface area (TPSA) is 132 Å². The molecule has 3 rings (SSSR count). The van der Waals surface area contributed by atoms with E-state index in [0.717, 1.165) is 0 Å². The zero-order valence-electron chi connectivity index (χ0n) is 19.2. The number of hydrogen-bond acceptors (Lipinski definition) is 8. The van der Waals surface area contributed by atoms with Crippen molar-refractivity contribution in [3.8, 4) is 17.2 Å². The molecule has 188 valence electrons. The van der Waals surface area contributed by atoms with Gasteiger partial charge in [-0.1, -0.05) is 11.6 Å². The van der Waals surface area contributed by atoms with Crippen molar-refractivity contribution in [2.75, 3.05) is 20.8 Å². The summed E-state index contributed by atoms with van der Waals surface area (Å²) >= 11 is 5.75. The van der Waals surface area contributed by atoms with Crippen LogP contribution < -0.4 is 24.4 Å². The summed E-state index contributed by atoms with van der Waals surface area (Å²) in [6, 6.07) is 16.6. The summed E-state index contributed by atoms with van der Waals surface area (Å²) in [6.45, 7) is -0.522. The van der Waals surface area contributed by atoms with Gasteiger partial charge in [-0.15, -0.1) is 0 Å². The molecule has 0 unspecified atom stereocenters. The Labute approximate surface area is 212 Å². The van der Waals surface area contributed by atoms with Crippen molar-refractivity contribution in [2.24, 2.45) is 5.10 Å². The van der Waals surface area contributed by atoms with Crippen LogP contribution in [-0.4, -0.2) is 47.3 Å². The number of carbonyl (C=O) groups is 2. The highest BCUT2D eigenvalue weighted by atomic mass is 35.5. The summed E-state index contributed by atoms with van der Waals surface area (Å²) in [5.74, 6) is -0.190. The fraction of sp³-hybridized carbons (Fsp3) is 0.125. The monoisotopic (exact) mass is 531 g/mol. The number of carbonyl (C=O) groups excluding carboxylic acids is 2. The van der Waals surface area contributed by atoms with Crippen LogP contribution in [-0.2, 0) is 14.8 Å². The van der Waals surface area contributed by atoms with Crippen molar-refractivity contribution in [1.29, 1.82) is 0 Å². The van der Waals surface area contributed by atoms with Crippen molar-refractivity contribution in [3.63, 3.8) is 0 Å². The average molecular weight is 532 g/mol. The number of amides is 1. The van der Waals surface area contributed by atoms with Gasteiger partial charge in [-0.2, -0.15) is 5.10 Å². The van der Waals surface area contributed by atoms with Crippen molar-refractivity contribution >= 4 is 39.7 Å². The second-order valence-electron chi connectivity index (χ2n) is 7.10. The molecule has 10 nitrogen and oxygen atoms in total. The van der Waals surface area contributed by atoms with E-state index >= 15 is 0 Å². The molecule has 36 heavy (non-hydrogen) atoms. The number of hydrazone groups is 1. The molecule has 0 radical (unpaired) electrons. The van der Waals surface area contributed by atoms with Gasteiger partial charge in [-0.05, 0) is 72.3 Å². The summed E-state index contributed by atoms with van der Waals surface area (Å²) in [4.78, 5) is 24.4. The number of rotatable bonds is 10. The maximum atomic E-state index is 12.4. The standard InChI is InChI=1S/C24H22ClN3O7S/c1-33-19-8-4-17(5-9-19)24(30)35-21-12-3-16(13-22(21)34-2)14-26-28-23(29)15-27-36(31,32)20-10-6-18(25)7-11-20/h3-14,27H,15H2,1-2H3,(H,28,29)/b26-14-. The normalized spacial score (nSPS) is 11.2. The van der Waals surface area contributed by atoms with Crippen LogP contribution >= 0.6 is 11.6 Å². The van der Waals surface area contributed by atoms with Crippen molar-refractivity contribution in [2.45, 2.75) is 4.90 Å². The first-order valence-electron chi connectivity index (χ1n) is 10.3. The Balaban J connectivity index is 1.56. The molecule has 0 bridgehead atoms. The van der Waals surface area contributed by atoms with E-state index in [2.05, 4.69) is 15.2 Å². The van der Waals surface area contributed by atoms with Crippen molar-refractivity contribution < 1.29 is 32.2 Å². The van der Waals surface area contributed by atoms with Crippen LogP contribution in [0.4, 0.5) is 0 Å². The Kier molecular flexibility index (Phi) is 9.01. The molecule has 3 aromatic rings. The molecule has 3 aromatic carbocycles. The van der Waals surface area contributed by atoms with Crippen LogP contribution in [0.15, 0.2) is 76.7 Å². The predicted molar refractivity (Wildman–Crippen MR) is 133 cm³/mol. The number of esters is 1. The Morgan fingerprint density at radius 2 is 1.64 bits per heavy atom. The van der Waals surface area contributed by atoms with E-state index in [1.165, 1.54) is 50.8 Å². The first-order valence-corrected chi connectivity index (χ1v) is 12.2. The molecular formula is C24H22ClN3O7S. The zero-order valence-corrected chi connectivity index (χ0v) is 20.8. The molecule has 12 heteroatoms. The third-order valence-electron chi connectivity index (χ3n) is 4.67. The zero-order chi connectivity index (χ0) is 26.1. The van der Waals surface area contributed by atoms with Gasteiger partial charge in [0.05, 0.1) is 37.4 Å². The summed E-state index contributed by atoms with van der Waals surface area (Å²) in [7, 11) is -0.944. The minimum Gasteiger partial charge on any atom is -0.497 e. The minimum atomic E-state index is -3.88. The Hall–Kier alpha value is -3.93. The fourth-order valence-corrected chi connectivity index (χ4v) is 3.92. The maximum Gasteiger partial charge on any atom is 0.343 e. The molecule has 0 heterocycles. The number of ether oxygens (including phenoxy) is 3. The number of hydrogen-bond donors (Lipinski definition) is 2. The van der Waals surface area contributed by atoms with E-state index in [0.29, 0.717) is 21.9 Å². The second-order valence-corrected chi connectivity index (χ2v) is 9.30. The average Bonchev–Trinajstić information content (AvgIpc) is 2.88. The van der Waals surface area contributed by atoms with Gasteiger partial charge in [0.1, 0.15) is 5.75 Å². The van der Waals surface area contributed by atoms with Gasteiger partial charge in [0.2, 0.25) is 10.0 Å². The lowest BCUT2D eigenvalue weighted by atomic mass is 10.2. The number of benzene rings is 3. The molecule has 0 aliphatic carbocycles. The maximum absolute atomic E-state index is 12.4. The minimum absolute atomic E-state index is 0.0249. The van der Waals surface area contributed by atoms with E-state index < -0.39 is 28.4 Å². The highest BCUT2D eigenvalue weighted by Crippen LogP contribution is 2.28.